The van der Waals surface area contributed by atoms with Crippen molar-refractivity contribution >= 4 is 29.5 Å². The smallest absolute Gasteiger partial charge is 0.359 e. The van der Waals surface area contributed by atoms with E-state index in [1.807, 2.05) is 66.7 Å². The summed E-state index contributed by atoms with van der Waals surface area (Å²) in [5.74, 6) is -3.58. The average molecular weight is 501 g/mol. The number of rotatable bonds is 7. The molecule has 8 heteroatoms. The number of aliphatic hydroxyl groups excluding tert-OH is 1. The molecule has 3 atom stereocenters. The van der Waals surface area contributed by atoms with Gasteiger partial charge in [0.1, 0.15) is 5.76 Å². The first kappa shape index (κ1) is 23.7. The van der Waals surface area contributed by atoms with E-state index >= 15 is 0 Å². The monoisotopic (exact) mass is 500 g/mol. The van der Waals surface area contributed by atoms with Gasteiger partial charge in [-0.1, -0.05) is 91.0 Å². The van der Waals surface area contributed by atoms with Crippen LogP contribution in [0.15, 0.2) is 102 Å². The predicted octanol–water partition coefficient (Wildman–Crippen LogP) is 3.89. The Morgan fingerprint density at radius 3 is 1.89 bits per heavy atom. The second kappa shape index (κ2) is 9.91. The van der Waals surface area contributed by atoms with Crippen LogP contribution < -0.4 is 5.73 Å². The van der Waals surface area contributed by atoms with Crippen LogP contribution in [-0.2, 0) is 19.1 Å². The number of carbonyl (C=O) groups is 3. The van der Waals surface area contributed by atoms with Crippen molar-refractivity contribution in [2.75, 3.05) is 5.75 Å². The van der Waals surface area contributed by atoms with Crippen LogP contribution in [0.3, 0.4) is 0 Å². The minimum absolute atomic E-state index is 0.108. The molecule has 3 N–H and O–H groups in total. The molecule has 36 heavy (non-hydrogen) atoms. The van der Waals surface area contributed by atoms with E-state index in [-0.39, 0.29) is 17.2 Å². The quantitative estimate of drug-likeness (QED) is 0.376. The lowest BCUT2D eigenvalue weighted by Crippen LogP contribution is -2.64. The van der Waals surface area contributed by atoms with Gasteiger partial charge in [-0.25, -0.2) is 4.79 Å². The van der Waals surface area contributed by atoms with Gasteiger partial charge in [-0.15, -0.1) is 11.8 Å². The van der Waals surface area contributed by atoms with Crippen molar-refractivity contribution in [3.63, 3.8) is 0 Å². The number of ether oxygens (including phenoxy) is 1. The van der Waals surface area contributed by atoms with Crippen LogP contribution in [0.2, 0.25) is 0 Å². The van der Waals surface area contributed by atoms with Crippen LogP contribution in [-0.4, -0.2) is 38.9 Å². The van der Waals surface area contributed by atoms with Crippen molar-refractivity contribution in [3.8, 4) is 0 Å². The first-order valence-electron chi connectivity index (χ1n) is 11.5. The van der Waals surface area contributed by atoms with Crippen molar-refractivity contribution in [1.29, 1.82) is 0 Å². The maximum absolute atomic E-state index is 13.4. The lowest BCUT2D eigenvalue weighted by atomic mass is 9.79. The highest BCUT2D eigenvalue weighted by Gasteiger charge is 2.58. The summed E-state index contributed by atoms with van der Waals surface area (Å²) in [6, 6.07) is 27.4. The zero-order valence-corrected chi connectivity index (χ0v) is 20.0. The zero-order chi connectivity index (χ0) is 25.2. The standard InChI is InChI=1S/C28H24N2O5S/c29-25(32)21(17-10-4-1-5-11-17)22-26(33)30-23(20(31)16-36-27(22)30)28(34)35-24(18-12-6-2-7-13-18)19-14-8-3-9-15-19/h1-15,21-22,24,27,31H,16H2,(H2,29,32). The van der Waals surface area contributed by atoms with Crippen LogP contribution in [0.5, 0.6) is 0 Å². The third kappa shape index (κ3) is 4.24. The van der Waals surface area contributed by atoms with E-state index in [4.69, 9.17) is 10.5 Å². The number of fused-ring (bicyclic) bond motifs is 1. The van der Waals surface area contributed by atoms with Gasteiger partial charge in [0.25, 0.3) is 0 Å². The van der Waals surface area contributed by atoms with Gasteiger partial charge in [-0.3, -0.25) is 14.5 Å². The third-order valence-corrected chi connectivity index (χ3v) is 7.72. The minimum Gasteiger partial charge on any atom is -0.509 e. The second-order valence-corrected chi connectivity index (χ2v) is 9.73. The van der Waals surface area contributed by atoms with Crippen molar-refractivity contribution in [2.45, 2.75) is 17.4 Å². The summed E-state index contributed by atoms with van der Waals surface area (Å²) in [4.78, 5) is 40.4. The summed E-state index contributed by atoms with van der Waals surface area (Å²) in [6.45, 7) is 0. The van der Waals surface area contributed by atoms with E-state index in [0.717, 1.165) is 11.1 Å². The minimum atomic E-state index is -0.841. The normalized spacial score (nSPS) is 19.9. The van der Waals surface area contributed by atoms with Crippen LogP contribution >= 0.6 is 11.8 Å². The molecule has 0 aromatic heterocycles. The SMILES string of the molecule is NC(=O)C(c1ccccc1)C1C(=O)N2C(C(=O)OC(c3ccccc3)c3ccccc3)=C(O)CSC12. The Hall–Kier alpha value is -4.04. The van der Waals surface area contributed by atoms with E-state index in [0.29, 0.717) is 5.56 Å². The third-order valence-electron chi connectivity index (χ3n) is 6.44. The maximum Gasteiger partial charge on any atom is 0.359 e. The van der Waals surface area contributed by atoms with Crippen LogP contribution in [0.25, 0.3) is 0 Å². The molecule has 0 aliphatic carbocycles. The molecule has 3 unspecified atom stereocenters. The molecule has 2 aliphatic rings. The Balaban J connectivity index is 1.43. The molecule has 2 aliphatic heterocycles. The molecule has 0 spiro atoms. The van der Waals surface area contributed by atoms with Crippen molar-refractivity contribution in [1.82, 2.24) is 4.90 Å². The molecule has 2 amide bonds. The van der Waals surface area contributed by atoms with Crippen molar-refractivity contribution in [3.05, 3.63) is 119 Å². The molecule has 1 saturated heterocycles. The van der Waals surface area contributed by atoms with Crippen molar-refractivity contribution < 1.29 is 24.2 Å². The molecule has 0 saturated carbocycles. The first-order valence-corrected chi connectivity index (χ1v) is 12.5. The number of thioether (sulfide) groups is 1. The molecular formula is C28H24N2O5S. The Labute approximate surface area is 212 Å². The van der Waals surface area contributed by atoms with Gasteiger partial charge in [-0.2, -0.15) is 0 Å². The van der Waals surface area contributed by atoms with Gasteiger partial charge in [0, 0.05) is 0 Å². The number of amides is 2. The highest BCUT2D eigenvalue weighted by atomic mass is 32.2. The lowest BCUT2D eigenvalue weighted by Gasteiger charge is -2.51. The van der Waals surface area contributed by atoms with Crippen LogP contribution in [0.1, 0.15) is 28.7 Å². The zero-order valence-electron chi connectivity index (χ0n) is 19.2. The number of esters is 1. The van der Waals surface area contributed by atoms with Gasteiger partial charge in [-0.05, 0) is 16.7 Å². The Morgan fingerprint density at radius 1 is 0.889 bits per heavy atom. The first-order chi connectivity index (χ1) is 17.5. The number of hydrogen-bond donors (Lipinski definition) is 2. The molecule has 1 fully saturated rings. The maximum atomic E-state index is 13.4. The molecule has 0 bridgehead atoms. The van der Waals surface area contributed by atoms with E-state index in [1.165, 1.54) is 16.7 Å². The molecule has 0 radical (unpaired) electrons. The number of nitrogens with zero attached hydrogens (tertiary/aromatic N) is 1. The van der Waals surface area contributed by atoms with Gasteiger partial charge < -0.3 is 15.6 Å². The number of benzene rings is 3. The summed E-state index contributed by atoms with van der Waals surface area (Å²) in [5.41, 5.74) is 7.67. The number of β-lactam (4-membered cyclic amide) rings is 1. The molecule has 182 valence electrons. The average Bonchev–Trinajstić information content (AvgIpc) is 2.91. The van der Waals surface area contributed by atoms with Gasteiger partial charge in [0.2, 0.25) is 11.8 Å². The highest BCUT2D eigenvalue weighted by molar-refractivity contribution is 8.00. The Morgan fingerprint density at radius 2 is 1.39 bits per heavy atom. The molecule has 2 heterocycles. The fourth-order valence-corrected chi connectivity index (χ4v) is 6.06. The molecule has 7 nitrogen and oxygen atoms in total. The number of primary amides is 1. The summed E-state index contributed by atoms with van der Waals surface area (Å²) in [5, 5.41) is 10.1. The number of hydrogen-bond acceptors (Lipinski definition) is 6. The Kier molecular flexibility index (Phi) is 6.52. The number of carbonyl (C=O) groups excluding carboxylic acids is 3. The summed E-state index contributed by atoms with van der Waals surface area (Å²) in [7, 11) is 0. The fraction of sp³-hybridized carbons (Fsp3) is 0.179. The topological polar surface area (TPSA) is 110 Å². The second-order valence-electron chi connectivity index (χ2n) is 8.63. The number of aliphatic hydroxyl groups is 1. The molecule has 5 rings (SSSR count). The van der Waals surface area contributed by atoms with Crippen LogP contribution in [0.4, 0.5) is 0 Å². The highest BCUT2D eigenvalue weighted by Crippen LogP contribution is 2.49. The van der Waals surface area contributed by atoms with Gasteiger partial charge >= 0.3 is 5.97 Å². The van der Waals surface area contributed by atoms with E-state index in [9.17, 15) is 19.5 Å². The molecule has 3 aromatic rings. The number of nitrogens with two attached hydrogens (primary N) is 1. The molecule has 3 aromatic carbocycles. The Bertz CT molecular complexity index is 1270. The summed E-state index contributed by atoms with van der Waals surface area (Å²) < 4.78 is 5.91. The fourth-order valence-electron chi connectivity index (χ4n) is 4.75. The molecular weight excluding hydrogens is 476 g/mol. The lowest BCUT2D eigenvalue weighted by molar-refractivity contribution is -0.158. The van der Waals surface area contributed by atoms with E-state index in [2.05, 4.69) is 0 Å². The van der Waals surface area contributed by atoms with Crippen LogP contribution in [0, 0.1) is 5.92 Å². The summed E-state index contributed by atoms with van der Waals surface area (Å²) in [6.07, 6.45) is -0.733. The van der Waals surface area contributed by atoms with E-state index in [1.54, 1.807) is 24.3 Å². The largest absolute Gasteiger partial charge is 0.509 e. The summed E-state index contributed by atoms with van der Waals surface area (Å²) >= 11 is 1.29. The van der Waals surface area contributed by atoms with Gasteiger partial charge in [0.15, 0.2) is 11.8 Å². The predicted molar refractivity (Wildman–Crippen MR) is 135 cm³/mol. The van der Waals surface area contributed by atoms with E-state index < -0.39 is 41.1 Å². The van der Waals surface area contributed by atoms with Gasteiger partial charge in [0.05, 0.1) is 23.0 Å². The van der Waals surface area contributed by atoms with Crippen molar-refractivity contribution in [2.24, 2.45) is 11.7 Å².